The molecule has 0 aliphatic heterocycles. The molecule has 2 aliphatic carbocycles. The predicted molar refractivity (Wildman–Crippen MR) is 109 cm³/mol. The number of fused-ring (bicyclic) bond motifs is 1. The fourth-order valence-corrected chi connectivity index (χ4v) is 5.24. The van der Waals surface area contributed by atoms with Crippen LogP contribution >= 0.6 is 11.6 Å². The molecule has 1 saturated carbocycles. The van der Waals surface area contributed by atoms with Crippen LogP contribution in [0, 0.1) is 12.8 Å². The van der Waals surface area contributed by atoms with Crippen LogP contribution in [-0.4, -0.2) is 21.4 Å². The largest absolute Gasteiger partial charge is 0.481 e. The zero-order valence-electron chi connectivity index (χ0n) is 16.2. The van der Waals surface area contributed by atoms with Gasteiger partial charge < -0.3 is 9.67 Å². The highest BCUT2D eigenvalue weighted by molar-refractivity contribution is 6.35. The van der Waals surface area contributed by atoms with Crippen LogP contribution in [0.25, 0.3) is 0 Å². The van der Waals surface area contributed by atoms with Crippen molar-refractivity contribution in [2.24, 2.45) is 5.92 Å². The molecule has 0 amide bonds. The van der Waals surface area contributed by atoms with Gasteiger partial charge in [-0.15, -0.1) is 0 Å². The van der Waals surface area contributed by atoms with Crippen LogP contribution in [0.15, 0.2) is 24.4 Å². The summed E-state index contributed by atoms with van der Waals surface area (Å²) in [5.74, 6) is -0.896. The first kappa shape index (κ1) is 19.3. The molecule has 28 heavy (non-hydrogen) atoms. The molecule has 148 valence electrons. The Labute approximate surface area is 170 Å². The molecule has 4 nitrogen and oxygen atoms in total. The van der Waals surface area contributed by atoms with Crippen molar-refractivity contribution in [3.8, 4) is 0 Å². The number of carboxylic acid groups (broad SMARTS) is 1. The summed E-state index contributed by atoms with van der Waals surface area (Å²) in [5.41, 5.74) is 4.74. The van der Waals surface area contributed by atoms with E-state index < -0.39 is 5.97 Å². The molecule has 0 saturated heterocycles. The summed E-state index contributed by atoms with van der Waals surface area (Å²) in [6.07, 6.45) is 9.32. The topological polar surface area (TPSA) is 59.3 Å². The summed E-state index contributed by atoms with van der Waals surface area (Å²) in [6, 6.07) is 5.86. The van der Waals surface area contributed by atoms with E-state index in [1.165, 1.54) is 11.3 Å². The Kier molecular flexibility index (Phi) is 5.33. The molecule has 2 aromatic rings. The Balaban J connectivity index is 1.70. The van der Waals surface area contributed by atoms with Gasteiger partial charge in [-0.1, -0.05) is 23.7 Å². The molecule has 1 heterocycles. The van der Waals surface area contributed by atoms with Crippen LogP contribution in [0.1, 0.15) is 77.3 Å². The van der Waals surface area contributed by atoms with Crippen molar-refractivity contribution in [3.63, 3.8) is 0 Å². The van der Waals surface area contributed by atoms with E-state index in [4.69, 9.17) is 11.6 Å². The molecule has 0 atom stereocenters. The minimum Gasteiger partial charge on any atom is -0.481 e. The maximum Gasteiger partial charge on any atom is 0.306 e. The number of carbonyl (C=O) groups is 2. The Morgan fingerprint density at radius 2 is 1.82 bits per heavy atom. The number of hydrogen-bond donors (Lipinski definition) is 1. The maximum atomic E-state index is 13.4. The molecule has 0 spiro atoms. The first-order chi connectivity index (χ1) is 13.5. The van der Waals surface area contributed by atoms with Crippen LogP contribution in [-0.2, 0) is 17.6 Å². The first-order valence-electron chi connectivity index (χ1n) is 10.2. The summed E-state index contributed by atoms with van der Waals surface area (Å²) in [5, 5.41) is 9.78. The number of aryl methyl sites for hydroxylation is 1. The summed E-state index contributed by atoms with van der Waals surface area (Å²) in [4.78, 5) is 24.7. The van der Waals surface area contributed by atoms with Gasteiger partial charge in [0.25, 0.3) is 0 Å². The Morgan fingerprint density at radius 1 is 1.11 bits per heavy atom. The summed E-state index contributed by atoms with van der Waals surface area (Å²) in [7, 11) is 0. The lowest BCUT2D eigenvalue weighted by Gasteiger charge is -2.29. The van der Waals surface area contributed by atoms with E-state index >= 15 is 0 Å². The highest BCUT2D eigenvalue weighted by Gasteiger charge is 2.31. The van der Waals surface area contributed by atoms with E-state index in [9.17, 15) is 14.7 Å². The Bertz CT molecular complexity index is 902. The lowest BCUT2D eigenvalue weighted by atomic mass is 9.85. The Hall–Kier alpha value is -2.07. The normalized spacial score (nSPS) is 21.9. The second-order valence-electron chi connectivity index (χ2n) is 8.19. The lowest BCUT2D eigenvalue weighted by molar-refractivity contribution is -0.143. The molecule has 1 fully saturated rings. The molecule has 2 aliphatic rings. The molecule has 1 N–H and O–H groups in total. The third-order valence-corrected chi connectivity index (χ3v) is 6.79. The van der Waals surface area contributed by atoms with Gasteiger partial charge in [-0.3, -0.25) is 9.59 Å². The zero-order valence-corrected chi connectivity index (χ0v) is 17.0. The molecule has 0 radical (unpaired) electrons. The summed E-state index contributed by atoms with van der Waals surface area (Å²) < 4.78 is 2.30. The lowest BCUT2D eigenvalue weighted by Crippen LogP contribution is -2.24. The van der Waals surface area contributed by atoms with Gasteiger partial charge in [0, 0.05) is 29.1 Å². The number of halogens is 1. The number of carboxylic acids is 1. The van der Waals surface area contributed by atoms with Crippen LogP contribution in [0.5, 0.6) is 0 Å². The number of nitrogens with zero attached hydrogens (tertiary/aromatic N) is 1. The van der Waals surface area contributed by atoms with Gasteiger partial charge in [0.1, 0.15) is 0 Å². The second-order valence-corrected chi connectivity index (χ2v) is 8.59. The average molecular weight is 400 g/mol. The highest BCUT2D eigenvalue weighted by Crippen LogP contribution is 2.38. The highest BCUT2D eigenvalue weighted by atomic mass is 35.5. The molecular formula is C23H26ClNO3. The SMILES string of the molecule is Cc1cccc(Cl)c1C(=O)c1cn(C2CCC(C(=O)O)CC2)c2c1CCCC2. The number of aromatic nitrogens is 1. The van der Waals surface area contributed by atoms with Crippen molar-refractivity contribution >= 4 is 23.4 Å². The van der Waals surface area contributed by atoms with Gasteiger partial charge in [0.05, 0.1) is 10.9 Å². The van der Waals surface area contributed by atoms with Crippen molar-refractivity contribution in [1.29, 1.82) is 0 Å². The van der Waals surface area contributed by atoms with Gasteiger partial charge in [0.15, 0.2) is 5.78 Å². The number of ketones is 1. The maximum absolute atomic E-state index is 13.4. The summed E-state index contributed by atoms with van der Waals surface area (Å²) >= 11 is 6.38. The third-order valence-electron chi connectivity index (χ3n) is 6.48. The number of aliphatic carboxylic acids is 1. The smallest absolute Gasteiger partial charge is 0.306 e. The van der Waals surface area contributed by atoms with E-state index in [0.717, 1.165) is 49.7 Å². The van der Waals surface area contributed by atoms with Crippen molar-refractivity contribution in [2.75, 3.05) is 0 Å². The quantitative estimate of drug-likeness (QED) is 0.702. The summed E-state index contributed by atoms with van der Waals surface area (Å²) in [6.45, 7) is 1.93. The molecule has 0 bridgehead atoms. The number of benzene rings is 1. The van der Waals surface area contributed by atoms with Gasteiger partial charge in [-0.05, 0) is 75.5 Å². The molecule has 0 unspecified atom stereocenters. The van der Waals surface area contributed by atoms with Crippen molar-refractivity contribution in [3.05, 3.63) is 57.4 Å². The van der Waals surface area contributed by atoms with Crippen LogP contribution in [0.3, 0.4) is 0 Å². The third kappa shape index (κ3) is 3.39. The van der Waals surface area contributed by atoms with Crippen LogP contribution in [0.2, 0.25) is 5.02 Å². The van der Waals surface area contributed by atoms with E-state index in [0.29, 0.717) is 23.4 Å². The van der Waals surface area contributed by atoms with E-state index in [2.05, 4.69) is 4.57 Å². The molecular weight excluding hydrogens is 374 g/mol. The predicted octanol–water partition coefficient (Wildman–Crippen LogP) is 5.38. The first-order valence-corrected chi connectivity index (χ1v) is 10.6. The Morgan fingerprint density at radius 3 is 2.50 bits per heavy atom. The van der Waals surface area contributed by atoms with Crippen LogP contribution < -0.4 is 0 Å². The molecule has 4 rings (SSSR count). The van der Waals surface area contributed by atoms with E-state index in [-0.39, 0.29) is 17.7 Å². The number of rotatable bonds is 4. The van der Waals surface area contributed by atoms with Crippen LogP contribution in [0.4, 0.5) is 0 Å². The number of hydrogen-bond acceptors (Lipinski definition) is 2. The molecule has 1 aromatic heterocycles. The molecule has 5 heteroatoms. The van der Waals surface area contributed by atoms with Crippen molar-refractivity contribution < 1.29 is 14.7 Å². The standard InChI is InChI=1S/C23H26ClNO3/c1-14-5-4-7-19(24)21(14)22(26)18-13-25(20-8-3-2-6-17(18)20)16-11-9-15(10-12-16)23(27)28/h4-5,7,13,15-16H,2-3,6,8-12H2,1H3,(H,27,28). The van der Waals surface area contributed by atoms with Gasteiger partial charge in [-0.25, -0.2) is 0 Å². The second kappa shape index (κ2) is 7.75. The fourth-order valence-electron chi connectivity index (χ4n) is 4.94. The van der Waals surface area contributed by atoms with Crippen molar-refractivity contribution in [2.45, 2.75) is 64.3 Å². The number of carbonyl (C=O) groups excluding carboxylic acids is 1. The van der Waals surface area contributed by atoms with Gasteiger partial charge in [-0.2, -0.15) is 0 Å². The van der Waals surface area contributed by atoms with Gasteiger partial charge >= 0.3 is 5.97 Å². The van der Waals surface area contributed by atoms with E-state index in [1.54, 1.807) is 6.07 Å². The van der Waals surface area contributed by atoms with E-state index in [1.807, 2.05) is 25.3 Å². The van der Waals surface area contributed by atoms with Gasteiger partial charge in [0.2, 0.25) is 0 Å². The fraction of sp³-hybridized carbons (Fsp3) is 0.478. The zero-order chi connectivity index (χ0) is 19.8. The monoisotopic (exact) mass is 399 g/mol. The average Bonchev–Trinajstić information content (AvgIpc) is 3.07. The molecule has 1 aromatic carbocycles. The van der Waals surface area contributed by atoms with Crippen molar-refractivity contribution in [1.82, 2.24) is 4.57 Å². The minimum absolute atomic E-state index is 0.0132. The minimum atomic E-state index is -0.682.